The lowest BCUT2D eigenvalue weighted by Gasteiger charge is -2.19. The number of pyridine rings is 1. The van der Waals surface area contributed by atoms with Gasteiger partial charge in [0, 0.05) is 6.54 Å². The van der Waals surface area contributed by atoms with Crippen LogP contribution in [0.1, 0.15) is 38.4 Å². The normalized spacial score (nSPS) is 11.7. The molecule has 0 saturated heterocycles. The van der Waals surface area contributed by atoms with Crippen molar-refractivity contribution < 1.29 is 13.9 Å². The smallest absolute Gasteiger partial charge is 0.407 e. The Hall–Kier alpha value is -1.91. The van der Waals surface area contributed by atoms with Crippen LogP contribution in [0.3, 0.4) is 0 Å². The first-order valence-electron chi connectivity index (χ1n) is 6.53. The van der Waals surface area contributed by atoms with Crippen LogP contribution in [-0.2, 0) is 4.74 Å². The van der Waals surface area contributed by atoms with E-state index in [-0.39, 0.29) is 5.82 Å². The van der Waals surface area contributed by atoms with Crippen LogP contribution in [0, 0.1) is 12.7 Å². The number of hydrogen-bond donors (Lipinski definition) is 1. The summed E-state index contributed by atoms with van der Waals surface area (Å²) in [6, 6.07) is 1.44. The summed E-state index contributed by atoms with van der Waals surface area (Å²) >= 11 is 0. The van der Waals surface area contributed by atoms with Gasteiger partial charge in [0.15, 0.2) is 0 Å². The molecule has 5 heteroatoms. The Morgan fingerprint density at radius 2 is 2.20 bits per heavy atom. The first-order valence-corrected chi connectivity index (χ1v) is 6.53. The first-order chi connectivity index (χ1) is 9.28. The lowest BCUT2D eigenvalue weighted by atomic mass is 10.2. The molecule has 110 valence electrons. The summed E-state index contributed by atoms with van der Waals surface area (Å²) in [5.74, 6) is -0.341. The Morgan fingerprint density at radius 1 is 1.50 bits per heavy atom. The van der Waals surface area contributed by atoms with Crippen molar-refractivity contribution in [2.24, 2.45) is 0 Å². The highest BCUT2D eigenvalue weighted by atomic mass is 19.1. The molecule has 0 atom stereocenters. The van der Waals surface area contributed by atoms with Crippen LogP contribution >= 0.6 is 0 Å². The van der Waals surface area contributed by atoms with E-state index in [1.807, 2.05) is 32.9 Å². The van der Waals surface area contributed by atoms with Gasteiger partial charge >= 0.3 is 6.09 Å². The Balaban J connectivity index is 2.34. The fraction of sp³-hybridized carbons (Fsp3) is 0.467. The molecule has 1 heterocycles. The second kappa shape index (κ2) is 7.03. The van der Waals surface area contributed by atoms with Crippen LogP contribution < -0.4 is 5.32 Å². The lowest BCUT2D eigenvalue weighted by molar-refractivity contribution is 0.0529. The average molecular weight is 280 g/mol. The fourth-order valence-electron chi connectivity index (χ4n) is 1.49. The van der Waals surface area contributed by atoms with Gasteiger partial charge in [-0.1, -0.05) is 6.08 Å². The SMILES string of the molecule is Cc1cc(F)cnc1C=CCCNC(=O)OC(C)(C)C. The molecule has 0 aromatic carbocycles. The molecular formula is C15H21FN2O2. The molecule has 0 fully saturated rings. The highest BCUT2D eigenvalue weighted by Crippen LogP contribution is 2.09. The van der Waals surface area contributed by atoms with E-state index in [1.54, 1.807) is 6.92 Å². The van der Waals surface area contributed by atoms with Crippen molar-refractivity contribution in [3.8, 4) is 0 Å². The van der Waals surface area contributed by atoms with Gasteiger partial charge in [-0.2, -0.15) is 0 Å². The third-order valence-corrected chi connectivity index (χ3v) is 2.34. The van der Waals surface area contributed by atoms with Crippen molar-refractivity contribution in [3.05, 3.63) is 35.4 Å². The van der Waals surface area contributed by atoms with Gasteiger partial charge in [0.25, 0.3) is 0 Å². The Labute approximate surface area is 119 Å². The Morgan fingerprint density at radius 3 is 2.80 bits per heavy atom. The van der Waals surface area contributed by atoms with Gasteiger partial charge < -0.3 is 10.1 Å². The van der Waals surface area contributed by atoms with Crippen molar-refractivity contribution >= 4 is 12.2 Å². The maximum absolute atomic E-state index is 12.9. The predicted octanol–water partition coefficient (Wildman–Crippen LogP) is 3.46. The molecular weight excluding hydrogens is 259 g/mol. The molecule has 0 unspecified atom stereocenters. The molecule has 1 rings (SSSR count). The minimum atomic E-state index is -0.491. The molecule has 20 heavy (non-hydrogen) atoms. The highest BCUT2D eigenvalue weighted by Gasteiger charge is 2.15. The van der Waals surface area contributed by atoms with Crippen molar-refractivity contribution in [1.29, 1.82) is 0 Å². The second-order valence-electron chi connectivity index (χ2n) is 5.48. The van der Waals surface area contributed by atoms with Crippen molar-refractivity contribution in [2.75, 3.05) is 6.54 Å². The molecule has 0 aliphatic heterocycles. The van der Waals surface area contributed by atoms with E-state index in [9.17, 15) is 9.18 Å². The fourth-order valence-corrected chi connectivity index (χ4v) is 1.49. The summed E-state index contributed by atoms with van der Waals surface area (Å²) < 4.78 is 18.0. The van der Waals surface area contributed by atoms with E-state index in [2.05, 4.69) is 10.3 Å². The number of aryl methyl sites for hydroxylation is 1. The summed E-state index contributed by atoms with van der Waals surface area (Å²) in [4.78, 5) is 15.4. The largest absolute Gasteiger partial charge is 0.444 e. The van der Waals surface area contributed by atoms with Gasteiger partial charge in [-0.25, -0.2) is 9.18 Å². The standard InChI is InChI=1S/C15H21FN2O2/c1-11-9-12(16)10-18-13(11)7-5-6-8-17-14(19)20-15(2,3)4/h5,7,9-10H,6,8H2,1-4H3,(H,17,19). The number of hydrogen-bond acceptors (Lipinski definition) is 3. The number of halogens is 1. The summed E-state index contributed by atoms with van der Waals surface area (Å²) in [6.07, 6.45) is 5.10. The van der Waals surface area contributed by atoms with E-state index in [4.69, 9.17) is 4.74 Å². The topological polar surface area (TPSA) is 51.2 Å². The van der Waals surface area contributed by atoms with Crippen LogP contribution in [0.25, 0.3) is 6.08 Å². The van der Waals surface area contributed by atoms with E-state index in [0.29, 0.717) is 13.0 Å². The van der Waals surface area contributed by atoms with Gasteiger partial charge in [0.2, 0.25) is 0 Å². The van der Waals surface area contributed by atoms with Crippen LogP contribution in [0.15, 0.2) is 18.3 Å². The number of carbonyl (C=O) groups excluding carboxylic acids is 1. The van der Waals surface area contributed by atoms with E-state index in [0.717, 1.165) is 11.3 Å². The molecule has 1 amide bonds. The van der Waals surface area contributed by atoms with Crippen LogP contribution in [0.2, 0.25) is 0 Å². The van der Waals surface area contributed by atoms with Gasteiger partial charge in [-0.3, -0.25) is 4.98 Å². The average Bonchev–Trinajstić information content (AvgIpc) is 2.28. The van der Waals surface area contributed by atoms with Crippen LogP contribution in [0.4, 0.5) is 9.18 Å². The number of alkyl carbamates (subject to hydrolysis) is 1. The summed E-state index contributed by atoms with van der Waals surface area (Å²) in [5.41, 5.74) is 1.01. The number of nitrogens with zero attached hydrogens (tertiary/aromatic N) is 1. The predicted molar refractivity (Wildman–Crippen MR) is 76.8 cm³/mol. The summed E-state index contributed by atoms with van der Waals surface area (Å²) in [6.45, 7) is 7.72. The highest BCUT2D eigenvalue weighted by molar-refractivity contribution is 5.67. The summed E-state index contributed by atoms with van der Waals surface area (Å²) in [7, 11) is 0. The van der Waals surface area contributed by atoms with Crippen LogP contribution in [-0.4, -0.2) is 23.2 Å². The minimum absolute atomic E-state index is 0.341. The van der Waals surface area contributed by atoms with Gasteiger partial charge in [-0.15, -0.1) is 0 Å². The quantitative estimate of drug-likeness (QED) is 0.859. The molecule has 1 aromatic rings. The molecule has 0 saturated carbocycles. The maximum atomic E-state index is 12.9. The van der Waals surface area contributed by atoms with E-state index < -0.39 is 11.7 Å². The Bertz CT molecular complexity index is 493. The number of amides is 1. The number of nitrogens with one attached hydrogen (secondary N) is 1. The summed E-state index contributed by atoms with van der Waals surface area (Å²) in [5, 5.41) is 2.66. The zero-order valence-electron chi connectivity index (χ0n) is 12.4. The van der Waals surface area contributed by atoms with E-state index in [1.165, 1.54) is 12.3 Å². The van der Waals surface area contributed by atoms with E-state index >= 15 is 0 Å². The van der Waals surface area contributed by atoms with Crippen molar-refractivity contribution in [1.82, 2.24) is 10.3 Å². The zero-order chi connectivity index (χ0) is 15.2. The molecule has 4 nitrogen and oxygen atoms in total. The van der Waals surface area contributed by atoms with Gasteiger partial charge in [0.1, 0.15) is 11.4 Å². The second-order valence-corrected chi connectivity index (χ2v) is 5.48. The maximum Gasteiger partial charge on any atom is 0.407 e. The number of ether oxygens (including phenoxy) is 1. The molecule has 0 aliphatic carbocycles. The van der Waals surface area contributed by atoms with Crippen molar-refractivity contribution in [2.45, 2.75) is 39.7 Å². The molecule has 0 spiro atoms. The third kappa shape index (κ3) is 6.31. The molecule has 0 aliphatic rings. The molecule has 1 N–H and O–H groups in total. The monoisotopic (exact) mass is 280 g/mol. The van der Waals surface area contributed by atoms with Gasteiger partial charge in [-0.05, 0) is 51.8 Å². The molecule has 0 radical (unpaired) electrons. The molecule has 0 bridgehead atoms. The number of carbonyl (C=O) groups is 1. The minimum Gasteiger partial charge on any atom is -0.444 e. The number of rotatable bonds is 4. The van der Waals surface area contributed by atoms with Crippen molar-refractivity contribution in [3.63, 3.8) is 0 Å². The molecule has 1 aromatic heterocycles. The zero-order valence-corrected chi connectivity index (χ0v) is 12.4. The lowest BCUT2D eigenvalue weighted by Crippen LogP contribution is -2.32. The Kier molecular flexibility index (Phi) is 5.67. The number of aromatic nitrogens is 1. The first kappa shape index (κ1) is 16.1. The van der Waals surface area contributed by atoms with Gasteiger partial charge in [0.05, 0.1) is 11.9 Å². The third-order valence-electron chi connectivity index (χ3n) is 2.34. The van der Waals surface area contributed by atoms with Crippen LogP contribution in [0.5, 0.6) is 0 Å².